The summed E-state index contributed by atoms with van der Waals surface area (Å²) < 4.78 is 19.9. The number of carbonyl (C=O) groups excluding carboxylic acids is 2. The lowest BCUT2D eigenvalue weighted by atomic mass is 9.69. The van der Waals surface area contributed by atoms with Crippen molar-refractivity contribution in [2.24, 2.45) is 17.8 Å². The van der Waals surface area contributed by atoms with Crippen LogP contribution in [0.4, 0.5) is 0 Å². The predicted molar refractivity (Wildman–Crippen MR) is 207 cm³/mol. The zero-order valence-corrected chi connectivity index (χ0v) is 32.4. The topological polar surface area (TPSA) is 89.2 Å². The number of hydrogen-bond acceptors (Lipinski definition) is 7. The molecule has 4 atom stereocenters. The van der Waals surface area contributed by atoms with Crippen molar-refractivity contribution in [2.45, 2.75) is 77.7 Å². The van der Waals surface area contributed by atoms with Gasteiger partial charge in [-0.2, -0.15) is 0 Å². The maximum absolute atomic E-state index is 14.2. The quantitative estimate of drug-likeness (QED) is 0.0870. The van der Waals surface area contributed by atoms with Crippen LogP contribution in [0.3, 0.4) is 0 Å². The number of ether oxygens (including phenoxy) is 1. The number of furan rings is 1. The molecule has 7 rings (SSSR count). The first kappa shape index (κ1) is 36.5. The van der Waals surface area contributed by atoms with Crippen molar-refractivity contribution in [1.82, 2.24) is 4.90 Å². The Balaban J connectivity index is 1.25. The second-order valence-corrected chi connectivity index (χ2v) is 20.6. The second kappa shape index (κ2) is 15.2. The van der Waals surface area contributed by atoms with Gasteiger partial charge in [-0.05, 0) is 81.9 Å². The van der Waals surface area contributed by atoms with E-state index in [0.717, 1.165) is 41.0 Å². The van der Waals surface area contributed by atoms with Crippen LogP contribution in [0.2, 0.25) is 5.04 Å². The molecule has 9 heteroatoms. The number of fused-ring (bicyclic) bond motifs is 3. The van der Waals surface area contributed by atoms with E-state index in [2.05, 4.69) is 82.3 Å². The molecular formula is C43H49NO6SSi. The molecule has 2 aromatic heterocycles. The van der Waals surface area contributed by atoms with E-state index in [1.165, 1.54) is 20.8 Å². The van der Waals surface area contributed by atoms with Gasteiger partial charge in [0.25, 0.3) is 8.32 Å². The van der Waals surface area contributed by atoms with Crippen LogP contribution in [0.25, 0.3) is 6.08 Å². The molecule has 2 aliphatic heterocycles. The number of allylic oxidation sites excluding steroid dienone is 1. The summed E-state index contributed by atoms with van der Waals surface area (Å²) in [5.41, 5.74) is 3.50. The van der Waals surface area contributed by atoms with Gasteiger partial charge in [0.05, 0.1) is 37.7 Å². The van der Waals surface area contributed by atoms with E-state index in [0.29, 0.717) is 31.9 Å². The van der Waals surface area contributed by atoms with Crippen LogP contribution in [0, 0.1) is 17.8 Å². The van der Waals surface area contributed by atoms with Crippen molar-refractivity contribution in [3.63, 3.8) is 0 Å². The maximum atomic E-state index is 14.2. The van der Waals surface area contributed by atoms with Crippen molar-refractivity contribution < 1.29 is 28.3 Å². The third kappa shape index (κ3) is 6.85. The van der Waals surface area contributed by atoms with E-state index >= 15 is 0 Å². The lowest BCUT2D eigenvalue weighted by Gasteiger charge is -2.44. The minimum absolute atomic E-state index is 0.0752. The van der Waals surface area contributed by atoms with Crippen LogP contribution < -0.4 is 10.4 Å². The molecular weight excluding hydrogens is 687 g/mol. The Morgan fingerprint density at radius 3 is 2.27 bits per heavy atom. The number of hydrogen-bond donors (Lipinski definition) is 1. The first-order valence-corrected chi connectivity index (χ1v) is 21.3. The lowest BCUT2D eigenvalue weighted by molar-refractivity contribution is -0.140. The number of imide groups is 1. The molecule has 2 amide bonds. The number of carbonyl (C=O) groups is 2. The molecule has 3 aliphatic rings. The molecule has 7 nitrogen and oxygen atoms in total. The standard InChI is InChI=1S/C43H49NO6SSi/c1-5-29(23-31-19-20-32(26-45)50-31)18-21-38-39-30(24-36-40(37(39)28-48-38)42(47)44(41(36)46)25-33-13-12-22-51-33)27-49-52(43(2,3)4,34-14-8-6-9-15-34)35-16-10-7-11-17-35/h6-17,19-20,22-23,36-38,40,45H,5,18,21,24-28H2,1-4H3/b29-23+/t36-,37+,38-,40-/m1/s1. The highest BCUT2D eigenvalue weighted by Crippen LogP contribution is 2.51. The summed E-state index contributed by atoms with van der Waals surface area (Å²) >= 11 is 1.57. The van der Waals surface area contributed by atoms with E-state index in [-0.39, 0.29) is 35.5 Å². The normalized spacial score (nSPS) is 22.3. The van der Waals surface area contributed by atoms with Gasteiger partial charge < -0.3 is 18.7 Å². The van der Waals surface area contributed by atoms with E-state index in [4.69, 9.17) is 13.6 Å². The van der Waals surface area contributed by atoms with Crippen molar-refractivity contribution >= 4 is 47.9 Å². The Morgan fingerprint density at radius 2 is 1.67 bits per heavy atom. The molecule has 1 N–H and O–H groups in total. The number of amides is 2. The van der Waals surface area contributed by atoms with Crippen molar-refractivity contribution in [3.8, 4) is 0 Å². The zero-order valence-electron chi connectivity index (χ0n) is 30.5. The summed E-state index contributed by atoms with van der Waals surface area (Å²) in [5, 5.41) is 13.7. The van der Waals surface area contributed by atoms with Gasteiger partial charge in [-0.1, -0.05) is 100.0 Å². The van der Waals surface area contributed by atoms with Crippen LogP contribution in [0.15, 0.2) is 111 Å². The Morgan fingerprint density at radius 1 is 0.962 bits per heavy atom. The Labute approximate surface area is 312 Å². The van der Waals surface area contributed by atoms with E-state index < -0.39 is 20.2 Å². The number of nitrogens with zero attached hydrogens (tertiary/aromatic N) is 1. The molecule has 0 saturated carbocycles. The Bertz CT molecular complexity index is 1890. The fourth-order valence-electron chi connectivity index (χ4n) is 8.77. The highest BCUT2D eigenvalue weighted by atomic mass is 32.1. The maximum Gasteiger partial charge on any atom is 0.261 e. The van der Waals surface area contributed by atoms with E-state index in [1.807, 2.05) is 35.7 Å². The van der Waals surface area contributed by atoms with E-state index in [1.54, 1.807) is 17.4 Å². The van der Waals surface area contributed by atoms with Gasteiger partial charge in [0, 0.05) is 10.8 Å². The first-order chi connectivity index (χ1) is 25.1. The molecule has 0 spiro atoms. The molecule has 272 valence electrons. The molecule has 0 radical (unpaired) electrons. The number of aliphatic hydroxyl groups excluding tert-OH is 1. The number of likely N-dealkylation sites (tertiary alicyclic amines) is 1. The summed E-state index contributed by atoms with van der Waals surface area (Å²) in [6.45, 7) is 9.95. The number of thiophene rings is 1. The summed E-state index contributed by atoms with van der Waals surface area (Å²) in [6.07, 6.45) is 4.76. The molecule has 0 unspecified atom stereocenters. The molecule has 4 heterocycles. The fraction of sp³-hybridized carbons (Fsp3) is 0.395. The fourth-order valence-corrected chi connectivity index (χ4v) is 14.0. The minimum atomic E-state index is -2.88. The van der Waals surface area contributed by atoms with Crippen molar-refractivity contribution in [1.29, 1.82) is 0 Å². The van der Waals surface area contributed by atoms with Crippen LogP contribution >= 0.6 is 11.3 Å². The molecule has 2 fully saturated rings. The molecule has 52 heavy (non-hydrogen) atoms. The Kier molecular flexibility index (Phi) is 10.7. The third-order valence-corrected chi connectivity index (χ3v) is 17.1. The van der Waals surface area contributed by atoms with Gasteiger partial charge in [-0.25, -0.2) is 0 Å². The van der Waals surface area contributed by atoms with Gasteiger partial charge in [-0.3, -0.25) is 14.5 Å². The summed E-state index contributed by atoms with van der Waals surface area (Å²) in [6, 6.07) is 28.9. The largest absolute Gasteiger partial charge is 0.459 e. The molecule has 2 saturated heterocycles. The number of rotatable bonds is 13. The second-order valence-electron chi connectivity index (χ2n) is 15.3. The average molecular weight is 736 g/mol. The Hall–Kier alpha value is -3.86. The minimum Gasteiger partial charge on any atom is -0.459 e. The summed E-state index contributed by atoms with van der Waals surface area (Å²) in [5.74, 6) is 0.0977. The SMILES string of the molecule is CC/C(=C\c1ccc(CO)o1)CC[C@H]1OC[C@H]2C1=C(CO[Si](c1ccccc1)(c1ccccc1)C(C)(C)C)C[C@H]1C(=O)N(Cc3cccs3)C(=O)[C@H]12. The summed E-state index contributed by atoms with van der Waals surface area (Å²) in [4.78, 5) is 30.8. The number of aliphatic hydroxyl groups is 1. The van der Waals surface area contributed by atoms with Crippen LogP contribution in [-0.4, -0.2) is 49.5 Å². The highest BCUT2D eigenvalue weighted by Gasteiger charge is 2.58. The van der Waals surface area contributed by atoms with Crippen molar-refractivity contribution in [2.75, 3.05) is 13.2 Å². The van der Waals surface area contributed by atoms with Crippen LogP contribution in [-0.2, 0) is 31.9 Å². The van der Waals surface area contributed by atoms with Gasteiger partial charge in [-0.15, -0.1) is 11.3 Å². The van der Waals surface area contributed by atoms with Gasteiger partial charge in [0.2, 0.25) is 11.8 Å². The van der Waals surface area contributed by atoms with Crippen LogP contribution in [0.1, 0.15) is 69.8 Å². The molecule has 2 aromatic carbocycles. The smallest absolute Gasteiger partial charge is 0.261 e. The first-order valence-electron chi connectivity index (χ1n) is 18.5. The van der Waals surface area contributed by atoms with Gasteiger partial charge in [0.15, 0.2) is 0 Å². The monoisotopic (exact) mass is 735 g/mol. The highest BCUT2D eigenvalue weighted by molar-refractivity contribution is 7.09. The van der Waals surface area contributed by atoms with Crippen LogP contribution in [0.5, 0.6) is 0 Å². The molecule has 4 aromatic rings. The number of benzene rings is 2. The zero-order chi connectivity index (χ0) is 36.5. The average Bonchev–Trinajstić information content (AvgIpc) is 3.97. The lowest BCUT2D eigenvalue weighted by Crippen LogP contribution is -2.66. The van der Waals surface area contributed by atoms with Gasteiger partial charge in [0.1, 0.15) is 18.1 Å². The molecule has 0 bridgehead atoms. The molecule has 1 aliphatic carbocycles. The summed E-state index contributed by atoms with van der Waals surface area (Å²) in [7, 11) is -2.88. The van der Waals surface area contributed by atoms with E-state index in [9.17, 15) is 14.7 Å². The third-order valence-electron chi connectivity index (χ3n) is 11.2. The van der Waals surface area contributed by atoms with Crippen molar-refractivity contribution in [3.05, 3.63) is 123 Å². The predicted octanol–water partition coefficient (Wildman–Crippen LogP) is 7.50. The van der Waals surface area contributed by atoms with Gasteiger partial charge >= 0.3 is 0 Å².